The molecular weight excluding hydrogens is 364 g/mol. The smallest absolute Gasteiger partial charge is 0.444 e. The zero-order chi connectivity index (χ0) is 21.3. The number of hydrogen-bond donors (Lipinski definition) is 1. The second kappa shape index (κ2) is 7.69. The van der Waals surface area contributed by atoms with E-state index in [2.05, 4.69) is 5.32 Å². The van der Waals surface area contributed by atoms with E-state index in [4.69, 9.17) is 14.3 Å². The molecular formula is C20H28N2O6. The molecule has 2 amide bonds. The number of nitrogens with zero attached hydrogens (tertiary/aromatic N) is 1. The van der Waals surface area contributed by atoms with Crippen molar-refractivity contribution >= 4 is 23.8 Å². The third kappa shape index (κ3) is 5.61. The zero-order valence-corrected chi connectivity index (χ0v) is 17.4. The van der Waals surface area contributed by atoms with E-state index in [0.29, 0.717) is 5.69 Å². The Balaban J connectivity index is 2.28. The minimum absolute atomic E-state index is 0.258. The monoisotopic (exact) mass is 392 g/mol. The second-order valence-electron chi connectivity index (χ2n) is 8.66. The lowest BCUT2D eigenvalue weighted by Gasteiger charge is -2.34. The lowest BCUT2D eigenvalue weighted by molar-refractivity contribution is -0.128. The summed E-state index contributed by atoms with van der Waals surface area (Å²) in [5.41, 5.74) is 0.644. The van der Waals surface area contributed by atoms with E-state index in [0.717, 1.165) is 16.2 Å². The molecule has 0 unspecified atom stereocenters. The van der Waals surface area contributed by atoms with Crippen LogP contribution in [0.15, 0.2) is 18.2 Å². The molecule has 8 heteroatoms. The molecule has 0 radical (unpaired) electrons. The normalized spacial score (nSPS) is 16.9. The number of aryl methyl sites for hydroxylation is 1. The molecule has 0 saturated carbocycles. The van der Waals surface area contributed by atoms with Crippen molar-refractivity contribution in [2.24, 2.45) is 0 Å². The molecule has 28 heavy (non-hydrogen) atoms. The quantitative estimate of drug-likeness (QED) is 0.772. The number of hydrogen-bond acceptors (Lipinski definition) is 6. The van der Waals surface area contributed by atoms with Crippen molar-refractivity contribution in [1.82, 2.24) is 5.32 Å². The molecule has 1 aromatic carbocycles. The maximum Gasteiger partial charge on any atom is 0.534 e. The number of carbonyl (C=O) groups is 3. The van der Waals surface area contributed by atoms with Gasteiger partial charge in [-0.25, -0.2) is 9.59 Å². The third-order valence-electron chi connectivity index (χ3n) is 3.76. The van der Waals surface area contributed by atoms with Crippen molar-refractivity contribution in [3.63, 3.8) is 0 Å². The van der Waals surface area contributed by atoms with E-state index in [-0.39, 0.29) is 6.42 Å². The van der Waals surface area contributed by atoms with Gasteiger partial charge in [0.15, 0.2) is 0 Å². The van der Waals surface area contributed by atoms with Crippen LogP contribution in [0.1, 0.15) is 52.7 Å². The number of alkyl carbamates (subject to hydrolysis) is 1. The molecule has 0 saturated heterocycles. The summed E-state index contributed by atoms with van der Waals surface area (Å²) in [6.07, 6.45) is -1.47. The largest absolute Gasteiger partial charge is 0.534 e. The highest BCUT2D eigenvalue weighted by atomic mass is 16.8. The number of rotatable bonds is 2. The van der Waals surface area contributed by atoms with Crippen LogP contribution in [0.2, 0.25) is 0 Å². The molecule has 0 bridgehead atoms. The Kier molecular flexibility index (Phi) is 5.91. The van der Waals surface area contributed by atoms with E-state index in [9.17, 15) is 14.4 Å². The van der Waals surface area contributed by atoms with Crippen LogP contribution in [0.4, 0.5) is 15.3 Å². The molecule has 1 aliphatic rings. The first-order valence-corrected chi connectivity index (χ1v) is 9.10. The van der Waals surface area contributed by atoms with E-state index in [1.165, 1.54) is 0 Å². The van der Waals surface area contributed by atoms with Crippen molar-refractivity contribution in [3.8, 4) is 0 Å². The van der Waals surface area contributed by atoms with Gasteiger partial charge in [-0.1, -0.05) is 12.1 Å². The highest BCUT2D eigenvalue weighted by Crippen LogP contribution is 2.31. The number of benzene rings is 1. The summed E-state index contributed by atoms with van der Waals surface area (Å²) in [6.45, 7) is 12.1. The fraction of sp³-hybridized carbons (Fsp3) is 0.550. The van der Waals surface area contributed by atoms with Crippen molar-refractivity contribution in [1.29, 1.82) is 0 Å². The molecule has 0 aliphatic carbocycles. The molecule has 1 atom stereocenters. The van der Waals surface area contributed by atoms with E-state index < -0.39 is 35.4 Å². The van der Waals surface area contributed by atoms with E-state index in [1.54, 1.807) is 53.7 Å². The van der Waals surface area contributed by atoms with Crippen LogP contribution >= 0.6 is 0 Å². The number of ether oxygens (including phenoxy) is 2. The molecule has 0 fully saturated rings. The average Bonchev–Trinajstić information content (AvgIpc) is 2.48. The molecule has 2 rings (SSSR count). The summed E-state index contributed by atoms with van der Waals surface area (Å²) in [5.74, 6) is -0.588. The van der Waals surface area contributed by atoms with Gasteiger partial charge in [-0.05, 0) is 65.7 Å². The van der Waals surface area contributed by atoms with Gasteiger partial charge in [0.1, 0.15) is 17.2 Å². The topological polar surface area (TPSA) is 94.2 Å². The first kappa shape index (κ1) is 21.5. The summed E-state index contributed by atoms with van der Waals surface area (Å²) in [6, 6.07) is 4.37. The standard InChI is InChI=1S/C20H28N2O6/c1-12-9-8-10-15-13(12)11-14(21-17(24)26-19(2,3)4)16(23)22(15)28-18(25)27-20(5,6)7/h8-10,14H,11H2,1-7H3,(H,21,24)/t14-/m0/s1. The summed E-state index contributed by atoms with van der Waals surface area (Å²) in [7, 11) is 0. The predicted molar refractivity (Wildman–Crippen MR) is 103 cm³/mol. The van der Waals surface area contributed by atoms with Crippen molar-refractivity contribution in [2.45, 2.75) is 72.1 Å². The lowest BCUT2D eigenvalue weighted by Crippen LogP contribution is -2.54. The van der Waals surface area contributed by atoms with Gasteiger partial charge in [0.25, 0.3) is 5.91 Å². The van der Waals surface area contributed by atoms with Crippen LogP contribution in [-0.2, 0) is 25.5 Å². The Hall–Kier alpha value is -2.77. The fourth-order valence-electron chi connectivity index (χ4n) is 2.69. The molecule has 1 aromatic rings. The van der Waals surface area contributed by atoms with Gasteiger partial charge in [-0.3, -0.25) is 9.63 Å². The minimum Gasteiger partial charge on any atom is -0.444 e. The van der Waals surface area contributed by atoms with Gasteiger partial charge < -0.3 is 14.8 Å². The number of fused-ring (bicyclic) bond motifs is 1. The second-order valence-corrected chi connectivity index (χ2v) is 8.66. The van der Waals surface area contributed by atoms with Gasteiger partial charge in [0.2, 0.25) is 0 Å². The van der Waals surface area contributed by atoms with Crippen LogP contribution in [0.3, 0.4) is 0 Å². The summed E-state index contributed by atoms with van der Waals surface area (Å²) < 4.78 is 10.4. The minimum atomic E-state index is -1.01. The fourth-order valence-corrected chi connectivity index (χ4v) is 2.69. The number of amides is 2. The van der Waals surface area contributed by atoms with Gasteiger partial charge in [-0.15, -0.1) is 5.06 Å². The molecule has 154 valence electrons. The average molecular weight is 392 g/mol. The molecule has 1 aliphatic heterocycles. The Morgan fingerprint density at radius 2 is 1.68 bits per heavy atom. The van der Waals surface area contributed by atoms with Crippen molar-refractivity contribution in [2.75, 3.05) is 5.06 Å². The summed E-state index contributed by atoms with van der Waals surface area (Å²) in [5, 5.41) is 3.44. The van der Waals surface area contributed by atoms with Gasteiger partial charge in [0.05, 0.1) is 5.69 Å². The third-order valence-corrected chi connectivity index (χ3v) is 3.76. The highest BCUT2D eigenvalue weighted by molar-refractivity contribution is 6.01. The Morgan fingerprint density at radius 3 is 2.25 bits per heavy atom. The lowest BCUT2D eigenvalue weighted by atomic mass is 9.94. The van der Waals surface area contributed by atoms with Crippen LogP contribution in [0.25, 0.3) is 0 Å². The maximum absolute atomic E-state index is 12.9. The zero-order valence-electron chi connectivity index (χ0n) is 17.4. The van der Waals surface area contributed by atoms with Gasteiger partial charge in [-0.2, -0.15) is 0 Å². The predicted octanol–water partition coefficient (Wildman–Crippen LogP) is 3.64. The number of carbonyl (C=O) groups excluding carboxylic acids is 3. The molecule has 1 heterocycles. The van der Waals surface area contributed by atoms with E-state index >= 15 is 0 Å². The van der Waals surface area contributed by atoms with Crippen molar-refractivity contribution < 1.29 is 28.7 Å². The first-order valence-electron chi connectivity index (χ1n) is 9.10. The summed E-state index contributed by atoms with van der Waals surface area (Å²) in [4.78, 5) is 42.4. The summed E-state index contributed by atoms with van der Waals surface area (Å²) >= 11 is 0. The number of anilines is 1. The highest BCUT2D eigenvalue weighted by Gasteiger charge is 2.38. The van der Waals surface area contributed by atoms with Crippen LogP contribution in [0, 0.1) is 6.92 Å². The first-order chi connectivity index (χ1) is 12.8. The molecule has 1 N–H and O–H groups in total. The Labute approximate surface area is 165 Å². The molecule has 0 aromatic heterocycles. The number of nitrogens with one attached hydrogen (secondary N) is 1. The molecule has 0 spiro atoms. The Bertz CT molecular complexity index is 776. The van der Waals surface area contributed by atoms with Crippen LogP contribution in [-0.4, -0.2) is 35.4 Å². The van der Waals surface area contributed by atoms with Gasteiger partial charge in [0, 0.05) is 6.42 Å². The maximum atomic E-state index is 12.9. The van der Waals surface area contributed by atoms with E-state index in [1.807, 2.05) is 13.0 Å². The Morgan fingerprint density at radius 1 is 1.07 bits per heavy atom. The molecule has 8 nitrogen and oxygen atoms in total. The van der Waals surface area contributed by atoms with Gasteiger partial charge >= 0.3 is 12.2 Å². The van der Waals surface area contributed by atoms with Crippen LogP contribution < -0.4 is 10.4 Å². The number of hydroxylamine groups is 1. The SMILES string of the molecule is Cc1cccc2c1C[C@H](NC(=O)OC(C)(C)C)C(=O)N2OC(=O)OC(C)(C)C. The van der Waals surface area contributed by atoms with Crippen molar-refractivity contribution in [3.05, 3.63) is 29.3 Å². The van der Waals surface area contributed by atoms with Crippen LogP contribution in [0.5, 0.6) is 0 Å².